The molecule has 2 aliphatic rings. The lowest BCUT2D eigenvalue weighted by Gasteiger charge is -2.36. The molecule has 1 aliphatic heterocycles. The molecule has 0 aromatic rings. The van der Waals surface area contributed by atoms with Crippen molar-refractivity contribution in [1.82, 2.24) is 0 Å². The summed E-state index contributed by atoms with van der Waals surface area (Å²) < 4.78 is 5.11. The monoisotopic (exact) mass is 298 g/mol. The molecule has 0 unspecified atom stereocenters. The van der Waals surface area contributed by atoms with Crippen molar-refractivity contribution in [3.8, 4) is 0 Å². The summed E-state index contributed by atoms with van der Waals surface area (Å²) in [5, 5.41) is 9.64. The van der Waals surface area contributed by atoms with Gasteiger partial charge in [-0.05, 0) is 30.7 Å². The highest BCUT2D eigenvalue weighted by atomic mass is 28.3. The van der Waals surface area contributed by atoms with Gasteiger partial charge in [0.1, 0.15) is 0 Å². The van der Waals surface area contributed by atoms with Crippen LogP contribution in [0.4, 0.5) is 0 Å². The molecule has 2 fully saturated rings. The molecule has 118 valence electrons. The molecular formula is C17H34O2Si. The first kappa shape index (κ1) is 16.5. The Morgan fingerprint density at radius 3 is 2.30 bits per heavy atom. The second-order valence-corrected chi connectivity index (χ2v) is 10.8. The van der Waals surface area contributed by atoms with Gasteiger partial charge in [0.2, 0.25) is 0 Å². The molecule has 0 bridgehead atoms. The minimum atomic E-state index is -0.493. The average molecular weight is 299 g/mol. The molecule has 20 heavy (non-hydrogen) atoms. The van der Waals surface area contributed by atoms with Crippen LogP contribution in [0, 0.1) is 5.92 Å². The summed E-state index contributed by atoms with van der Waals surface area (Å²) in [5.74, 6) is 1.02. The predicted octanol–water partition coefficient (Wildman–Crippen LogP) is 4.14. The molecule has 0 atom stereocenters. The lowest BCUT2D eigenvalue weighted by molar-refractivity contribution is 0.159. The SMILES string of the molecule is COCCCCCC1CCC([SiH]2CCC(O)CC2)CC1. The molecule has 2 nitrogen and oxygen atoms in total. The molecule has 2 rings (SSSR count). The van der Waals surface area contributed by atoms with Crippen molar-refractivity contribution in [1.29, 1.82) is 0 Å². The number of methoxy groups -OCH3 is 1. The average Bonchev–Trinajstić information content (AvgIpc) is 2.49. The van der Waals surface area contributed by atoms with Gasteiger partial charge in [0, 0.05) is 22.5 Å². The van der Waals surface area contributed by atoms with Gasteiger partial charge < -0.3 is 9.84 Å². The molecule has 0 spiro atoms. The number of aliphatic hydroxyl groups is 1. The number of ether oxygens (including phenoxy) is 1. The van der Waals surface area contributed by atoms with Gasteiger partial charge >= 0.3 is 0 Å². The van der Waals surface area contributed by atoms with Gasteiger partial charge in [-0.15, -0.1) is 0 Å². The highest BCUT2D eigenvalue weighted by Crippen LogP contribution is 2.41. The molecule has 0 amide bonds. The molecule has 3 heteroatoms. The Hall–Kier alpha value is 0.137. The van der Waals surface area contributed by atoms with E-state index in [1.165, 1.54) is 63.5 Å². The van der Waals surface area contributed by atoms with Crippen LogP contribution in [0.5, 0.6) is 0 Å². The van der Waals surface area contributed by atoms with Crippen LogP contribution < -0.4 is 0 Å². The van der Waals surface area contributed by atoms with Crippen molar-refractivity contribution in [3.63, 3.8) is 0 Å². The highest BCUT2D eigenvalue weighted by Gasteiger charge is 2.31. The van der Waals surface area contributed by atoms with Gasteiger partial charge in [-0.1, -0.05) is 57.0 Å². The maximum atomic E-state index is 9.64. The second kappa shape index (κ2) is 9.21. The maximum Gasteiger partial charge on any atom is 0.0534 e. The third-order valence-corrected chi connectivity index (χ3v) is 9.91. The van der Waals surface area contributed by atoms with Crippen LogP contribution in [0.2, 0.25) is 17.6 Å². The topological polar surface area (TPSA) is 29.5 Å². The van der Waals surface area contributed by atoms with Crippen molar-refractivity contribution in [2.75, 3.05) is 13.7 Å². The third-order valence-electron chi connectivity index (χ3n) is 5.76. The summed E-state index contributed by atoms with van der Waals surface area (Å²) in [6.45, 7) is 0.936. The van der Waals surface area contributed by atoms with E-state index in [1.807, 2.05) is 0 Å². The molecule has 0 radical (unpaired) electrons. The van der Waals surface area contributed by atoms with Gasteiger partial charge in [0.15, 0.2) is 0 Å². The number of aliphatic hydroxyl groups excluding tert-OH is 1. The quantitative estimate of drug-likeness (QED) is 0.565. The smallest absolute Gasteiger partial charge is 0.0534 e. The number of hydrogen-bond acceptors (Lipinski definition) is 2. The minimum absolute atomic E-state index is 0.0437. The largest absolute Gasteiger partial charge is 0.393 e. The fourth-order valence-corrected chi connectivity index (χ4v) is 8.56. The Labute approximate surface area is 126 Å². The van der Waals surface area contributed by atoms with Crippen LogP contribution >= 0.6 is 0 Å². The zero-order valence-electron chi connectivity index (χ0n) is 13.4. The second-order valence-electron chi connectivity index (χ2n) is 7.19. The molecular weight excluding hydrogens is 264 g/mol. The molecule has 1 aliphatic carbocycles. The summed E-state index contributed by atoms with van der Waals surface area (Å²) in [7, 11) is 1.31. The van der Waals surface area contributed by atoms with Crippen LogP contribution in [0.3, 0.4) is 0 Å². The van der Waals surface area contributed by atoms with Crippen LogP contribution in [-0.4, -0.2) is 33.7 Å². The fourth-order valence-electron chi connectivity index (χ4n) is 4.38. The lowest BCUT2D eigenvalue weighted by Crippen LogP contribution is -2.31. The summed E-state index contributed by atoms with van der Waals surface area (Å²) in [6.07, 6.45) is 13.8. The van der Waals surface area contributed by atoms with E-state index in [2.05, 4.69) is 0 Å². The van der Waals surface area contributed by atoms with E-state index in [-0.39, 0.29) is 6.10 Å². The lowest BCUT2D eigenvalue weighted by atomic mass is 9.85. The fraction of sp³-hybridized carbons (Fsp3) is 1.00. The van der Waals surface area contributed by atoms with E-state index in [9.17, 15) is 5.11 Å². The Morgan fingerprint density at radius 1 is 0.950 bits per heavy atom. The number of hydrogen-bond donors (Lipinski definition) is 1. The standard InChI is InChI=1S/C17H34O2Si/c1-19-12-4-2-3-5-15-6-8-17(9-7-15)20-13-10-16(18)11-14-20/h15-18,20H,2-14H2,1H3. The summed E-state index contributed by atoms with van der Waals surface area (Å²) in [5.41, 5.74) is 1.12. The van der Waals surface area contributed by atoms with Crippen LogP contribution in [0.1, 0.15) is 64.2 Å². The van der Waals surface area contributed by atoms with E-state index in [1.54, 1.807) is 7.11 Å². The van der Waals surface area contributed by atoms with Crippen molar-refractivity contribution in [2.24, 2.45) is 5.92 Å². The zero-order chi connectivity index (χ0) is 14.2. The van der Waals surface area contributed by atoms with Gasteiger partial charge in [-0.25, -0.2) is 0 Å². The predicted molar refractivity (Wildman–Crippen MR) is 88.1 cm³/mol. The van der Waals surface area contributed by atoms with E-state index >= 15 is 0 Å². The van der Waals surface area contributed by atoms with Crippen molar-refractivity contribution in [3.05, 3.63) is 0 Å². The van der Waals surface area contributed by atoms with Crippen molar-refractivity contribution >= 4 is 8.80 Å². The van der Waals surface area contributed by atoms with E-state index in [0.29, 0.717) is 0 Å². The Bertz CT molecular complexity index is 243. The normalized spacial score (nSPS) is 35.1. The van der Waals surface area contributed by atoms with E-state index in [4.69, 9.17) is 4.74 Å². The van der Waals surface area contributed by atoms with E-state index < -0.39 is 8.80 Å². The van der Waals surface area contributed by atoms with Gasteiger partial charge in [-0.2, -0.15) is 0 Å². The summed E-state index contributed by atoms with van der Waals surface area (Å²) >= 11 is 0. The number of unbranched alkanes of at least 4 members (excludes halogenated alkanes) is 2. The summed E-state index contributed by atoms with van der Waals surface area (Å²) in [4.78, 5) is 0. The summed E-state index contributed by atoms with van der Waals surface area (Å²) in [6, 6.07) is 2.85. The third kappa shape index (κ3) is 5.49. The minimum Gasteiger partial charge on any atom is -0.393 e. The Morgan fingerprint density at radius 2 is 1.65 bits per heavy atom. The first-order valence-electron chi connectivity index (χ1n) is 8.96. The van der Waals surface area contributed by atoms with Gasteiger partial charge in [0.05, 0.1) is 6.10 Å². The molecule has 1 saturated carbocycles. The number of rotatable bonds is 7. The molecule has 0 aromatic heterocycles. The van der Waals surface area contributed by atoms with Crippen LogP contribution in [0.15, 0.2) is 0 Å². The maximum absolute atomic E-state index is 9.64. The molecule has 1 N–H and O–H groups in total. The zero-order valence-corrected chi connectivity index (χ0v) is 14.5. The molecule has 1 heterocycles. The molecule has 1 saturated heterocycles. The highest BCUT2D eigenvalue weighted by molar-refractivity contribution is 6.60. The van der Waals surface area contributed by atoms with Gasteiger partial charge in [0.25, 0.3) is 0 Å². The first-order chi connectivity index (χ1) is 9.79. The van der Waals surface area contributed by atoms with E-state index in [0.717, 1.165) is 30.9 Å². The Balaban J connectivity index is 1.55. The van der Waals surface area contributed by atoms with Crippen LogP contribution in [-0.2, 0) is 4.74 Å². The first-order valence-corrected chi connectivity index (χ1v) is 11.3. The molecule has 0 aromatic carbocycles. The van der Waals surface area contributed by atoms with Crippen LogP contribution in [0.25, 0.3) is 0 Å². The van der Waals surface area contributed by atoms with Crippen molar-refractivity contribution in [2.45, 2.75) is 87.9 Å². The van der Waals surface area contributed by atoms with Gasteiger partial charge in [-0.3, -0.25) is 0 Å². The Kier molecular flexibility index (Phi) is 7.61. The van der Waals surface area contributed by atoms with Crippen molar-refractivity contribution < 1.29 is 9.84 Å².